The Balaban J connectivity index is 0.00000243. The summed E-state index contributed by atoms with van der Waals surface area (Å²) in [6, 6.07) is 7.80. The largest absolute Gasteiger partial charge is 0.497 e. The van der Waals surface area contributed by atoms with Crippen LogP contribution in [0, 0.1) is 11.3 Å². The van der Waals surface area contributed by atoms with E-state index >= 15 is 0 Å². The number of amides is 2. The van der Waals surface area contributed by atoms with Gasteiger partial charge >= 0.3 is 6.03 Å². The number of benzene rings is 1. The van der Waals surface area contributed by atoms with Gasteiger partial charge in [0, 0.05) is 32.7 Å². The van der Waals surface area contributed by atoms with Crippen LogP contribution in [-0.2, 0) is 11.3 Å². The Morgan fingerprint density at radius 1 is 1.35 bits per heavy atom. The molecule has 0 saturated carbocycles. The maximum absolute atomic E-state index is 12.7. The number of carbonyl (C=O) groups excluding carboxylic acids is 1. The van der Waals surface area contributed by atoms with Crippen molar-refractivity contribution < 1.29 is 14.3 Å². The molecule has 1 unspecified atom stereocenters. The molecule has 7 heteroatoms. The van der Waals surface area contributed by atoms with Crippen LogP contribution >= 0.6 is 12.4 Å². The molecule has 2 amide bonds. The van der Waals surface area contributed by atoms with Crippen molar-refractivity contribution in [3.63, 3.8) is 0 Å². The molecule has 26 heavy (non-hydrogen) atoms. The lowest BCUT2D eigenvalue weighted by molar-refractivity contribution is 0.0717. The number of ether oxygens (including phenoxy) is 2. The van der Waals surface area contributed by atoms with Gasteiger partial charge in [-0.2, -0.15) is 0 Å². The topological polar surface area (TPSA) is 62.8 Å². The highest BCUT2D eigenvalue weighted by molar-refractivity contribution is 5.85. The van der Waals surface area contributed by atoms with E-state index < -0.39 is 0 Å². The molecule has 1 aromatic carbocycles. The van der Waals surface area contributed by atoms with Crippen LogP contribution in [0.3, 0.4) is 0 Å². The summed E-state index contributed by atoms with van der Waals surface area (Å²) in [5, 5.41) is 6.48. The predicted molar refractivity (Wildman–Crippen MR) is 104 cm³/mol. The van der Waals surface area contributed by atoms with E-state index in [2.05, 4.69) is 10.6 Å². The summed E-state index contributed by atoms with van der Waals surface area (Å²) in [7, 11) is 3.40. The van der Waals surface area contributed by atoms with E-state index in [1.165, 1.54) is 0 Å². The third-order valence-corrected chi connectivity index (χ3v) is 5.64. The second-order valence-corrected chi connectivity index (χ2v) is 7.16. The predicted octanol–water partition coefficient (Wildman–Crippen LogP) is 2.27. The lowest BCUT2D eigenvalue weighted by Gasteiger charge is -2.38. The highest BCUT2D eigenvalue weighted by Crippen LogP contribution is 2.43. The van der Waals surface area contributed by atoms with E-state index in [9.17, 15) is 4.79 Å². The van der Waals surface area contributed by atoms with E-state index in [0.29, 0.717) is 12.5 Å². The minimum Gasteiger partial charge on any atom is -0.497 e. The maximum Gasteiger partial charge on any atom is 0.317 e. The quantitative estimate of drug-likeness (QED) is 0.818. The molecular formula is C19H30ClN3O3. The summed E-state index contributed by atoms with van der Waals surface area (Å²) < 4.78 is 10.7. The first-order valence-electron chi connectivity index (χ1n) is 9.02. The van der Waals surface area contributed by atoms with Crippen molar-refractivity contribution in [1.29, 1.82) is 0 Å². The van der Waals surface area contributed by atoms with Crippen molar-refractivity contribution in [2.45, 2.75) is 19.4 Å². The summed E-state index contributed by atoms with van der Waals surface area (Å²) in [5.41, 5.74) is 1.24. The molecule has 2 N–H and O–H groups in total. The van der Waals surface area contributed by atoms with Gasteiger partial charge < -0.3 is 25.0 Å². The van der Waals surface area contributed by atoms with Crippen LogP contribution in [0.4, 0.5) is 4.79 Å². The average molecular weight is 384 g/mol. The van der Waals surface area contributed by atoms with Crippen LogP contribution in [0.1, 0.15) is 18.4 Å². The number of urea groups is 1. The summed E-state index contributed by atoms with van der Waals surface area (Å²) in [4.78, 5) is 14.6. The first-order chi connectivity index (χ1) is 12.2. The van der Waals surface area contributed by atoms with Crippen LogP contribution in [0.5, 0.6) is 5.75 Å². The SMILES string of the molecule is COCC1CN(C(=O)NCc2cccc(OC)c2)CC12CCNCC2.Cl. The molecule has 3 rings (SSSR count). The van der Waals surface area contributed by atoms with Gasteiger partial charge in [-0.25, -0.2) is 4.79 Å². The third kappa shape index (κ3) is 4.61. The molecule has 2 fully saturated rings. The highest BCUT2D eigenvalue weighted by atomic mass is 35.5. The summed E-state index contributed by atoms with van der Waals surface area (Å²) in [6.45, 7) is 4.89. The van der Waals surface area contributed by atoms with Crippen molar-refractivity contribution in [2.75, 3.05) is 47.0 Å². The van der Waals surface area contributed by atoms with E-state index in [4.69, 9.17) is 9.47 Å². The fraction of sp³-hybridized carbons (Fsp3) is 0.632. The second kappa shape index (κ2) is 9.44. The van der Waals surface area contributed by atoms with E-state index in [0.717, 1.165) is 56.9 Å². The molecule has 2 heterocycles. The molecule has 0 bridgehead atoms. The molecule has 1 aromatic rings. The highest BCUT2D eigenvalue weighted by Gasteiger charge is 2.48. The van der Waals surface area contributed by atoms with Crippen LogP contribution < -0.4 is 15.4 Å². The number of piperidine rings is 1. The van der Waals surface area contributed by atoms with Crippen LogP contribution in [-0.4, -0.2) is 57.9 Å². The number of carbonyl (C=O) groups is 1. The molecule has 146 valence electrons. The molecular weight excluding hydrogens is 354 g/mol. The zero-order valence-corrected chi connectivity index (χ0v) is 16.4. The van der Waals surface area contributed by atoms with E-state index in [1.807, 2.05) is 29.2 Å². The number of likely N-dealkylation sites (tertiary alicyclic amines) is 1. The summed E-state index contributed by atoms with van der Waals surface area (Å²) >= 11 is 0. The van der Waals surface area contributed by atoms with Crippen molar-refractivity contribution >= 4 is 18.4 Å². The Hall–Kier alpha value is -1.50. The Labute approximate surface area is 162 Å². The number of nitrogens with zero attached hydrogens (tertiary/aromatic N) is 1. The monoisotopic (exact) mass is 383 g/mol. The molecule has 0 radical (unpaired) electrons. The van der Waals surface area contributed by atoms with E-state index in [-0.39, 0.29) is 23.9 Å². The number of rotatable bonds is 5. The van der Waals surface area contributed by atoms with Gasteiger partial charge in [0.1, 0.15) is 5.75 Å². The van der Waals surface area contributed by atoms with Crippen LogP contribution in [0.2, 0.25) is 0 Å². The van der Waals surface area contributed by atoms with Gasteiger partial charge in [0.15, 0.2) is 0 Å². The molecule has 0 aliphatic carbocycles. The summed E-state index contributed by atoms with van der Waals surface area (Å²) in [6.07, 6.45) is 2.22. The van der Waals surface area contributed by atoms with Gasteiger partial charge in [-0.15, -0.1) is 12.4 Å². The first-order valence-corrected chi connectivity index (χ1v) is 9.02. The molecule has 2 aliphatic heterocycles. The third-order valence-electron chi connectivity index (χ3n) is 5.64. The zero-order chi connectivity index (χ0) is 17.7. The number of halogens is 1. The lowest BCUT2D eigenvalue weighted by Crippen LogP contribution is -2.44. The standard InChI is InChI=1S/C19H29N3O3.ClH/c1-24-13-16-12-22(14-19(16)6-8-20-9-7-19)18(23)21-11-15-4-3-5-17(10-15)25-2;/h3-5,10,16,20H,6-9,11-14H2,1-2H3,(H,21,23);1H. The summed E-state index contributed by atoms with van der Waals surface area (Å²) in [5.74, 6) is 1.23. The molecule has 1 atom stereocenters. The van der Waals surface area contributed by atoms with Gasteiger partial charge in [-0.05, 0) is 49.0 Å². The van der Waals surface area contributed by atoms with E-state index in [1.54, 1.807) is 14.2 Å². The average Bonchev–Trinajstić information content (AvgIpc) is 2.98. The fourth-order valence-corrected chi connectivity index (χ4v) is 4.18. The lowest BCUT2D eigenvalue weighted by atomic mass is 9.71. The Morgan fingerprint density at radius 3 is 2.81 bits per heavy atom. The second-order valence-electron chi connectivity index (χ2n) is 7.16. The molecule has 6 nitrogen and oxygen atoms in total. The number of hydrogen-bond acceptors (Lipinski definition) is 4. The van der Waals surface area contributed by atoms with Gasteiger partial charge in [0.2, 0.25) is 0 Å². The minimum absolute atomic E-state index is 0. The number of methoxy groups -OCH3 is 2. The Kier molecular flexibility index (Phi) is 7.55. The van der Waals surface area contributed by atoms with Crippen LogP contribution in [0.25, 0.3) is 0 Å². The molecule has 2 aliphatic rings. The van der Waals surface area contributed by atoms with Crippen molar-refractivity contribution in [3.05, 3.63) is 29.8 Å². The maximum atomic E-state index is 12.7. The fourth-order valence-electron chi connectivity index (χ4n) is 4.18. The molecule has 1 spiro atoms. The van der Waals surface area contributed by atoms with Gasteiger partial charge in [0.25, 0.3) is 0 Å². The molecule has 0 aromatic heterocycles. The smallest absolute Gasteiger partial charge is 0.317 e. The van der Waals surface area contributed by atoms with Crippen molar-refractivity contribution in [2.24, 2.45) is 11.3 Å². The van der Waals surface area contributed by atoms with Gasteiger partial charge in [-0.1, -0.05) is 12.1 Å². The Bertz CT molecular complexity index is 593. The van der Waals surface area contributed by atoms with Crippen LogP contribution in [0.15, 0.2) is 24.3 Å². The minimum atomic E-state index is 0. The van der Waals surface area contributed by atoms with Gasteiger partial charge in [-0.3, -0.25) is 0 Å². The van der Waals surface area contributed by atoms with Crippen molar-refractivity contribution in [1.82, 2.24) is 15.5 Å². The molecule has 2 saturated heterocycles. The first kappa shape index (κ1) is 20.8. The zero-order valence-electron chi connectivity index (χ0n) is 15.6. The number of nitrogens with one attached hydrogen (secondary N) is 2. The van der Waals surface area contributed by atoms with Crippen molar-refractivity contribution in [3.8, 4) is 5.75 Å². The normalized spacial score (nSPS) is 21.3. The number of hydrogen-bond donors (Lipinski definition) is 2. The van der Waals surface area contributed by atoms with Gasteiger partial charge in [0.05, 0.1) is 13.7 Å². The Morgan fingerprint density at radius 2 is 2.12 bits per heavy atom.